The molecule has 1 unspecified atom stereocenters. The number of hydrogen-bond acceptors (Lipinski definition) is 5. The number of nitrogens with zero attached hydrogens (tertiary/aromatic N) is 1. The third-order valence-corrected chi connectivity index (χ3v) is 7.55. The molecule has 0 aromatic heterocycles. The van der Waals surface area contributed by atoms with Gasteiger partial charge in [0.2, 0.25) is 0 Å². The highest BCUT2D eigenvalue weighted by Crippen LogP contribution is 2.54. The van der Waals surface area contributed by atoms with E-state index >= 15 is 0 Å². The maximum Gasteiger partial charge on any atom is 0.311 e. The monoisotopic (exact) mass is 378 g/mol. The van der Waals surface area contributed by atoms with Crippen LogP contribution in [-0.2, 0) is 4.79 Å². The molecule has 1 heterocycles. The second-order valence-electron chi connectivity index (χ2n) is 7.34. The Bertz CT molecular complexity index is 637. The number of piperidine rings is 1. The summed E-state index contributed by atoms with van der Waals surface area (Å²) >= 11 is 1.78. The molecule has 142 valence electrons. The Morgan fingerprint density at radius 3 is 2.35 bits per heavy atom. The first-order valence-corrected chi connectivity index (χ1v) is 10.3. The number of rotatable bonds is 6. The fourth-order valence-electron chi connectivity index (χ4n) is 4.19. The van der Waals surface area contributed by atoms with Crippen molar-refractivity contribution in [3.05, 3.63) is 39.9 Å². The summed E-state index contributed by atoms with van der Waals surface area (Å²) in [6.07, 6.45) is 6.38. The molecule has 0 spiro atoms. The molecule has 0 radical (unpaired) electrons. The van der Waals surface area contributed by atoms with Gasteiger partial charge in [0, 0.05) is 22.6 Å². The van der Waals surface area contributed by atoms with Crippen molar-refractivity contribution in [2.24, 2.45) is 5.41 Å². The van der Waals surface area contributed by atoms with Crippen LogP contribution in [-0.4, -0.2) is 34.3 Å². The molecule has 0 bridgehead atoms. The van der Waals surface area contributed by atoms with Gasteiger partial charge >= 0.3 is 5.97 Å². The van der Waals surface area contributed by atoms with Gasteiger partial charge in [0.05, 0.1) is 10.3 Å². The van der Waals surface area contributed by atoms with E-state index in [0.29, 0.717) is 18.1 Å². The number of nitrogens with one attached hydrogen (secondary N) is 1. The summed E-state index contributed by atoms with van der Waals surface area (Å²) in [7, 11) is 0. The lowest BCUT2D eigenvalue weighted by atomic mass is 9.70. The van der Waals surface area contributed by atoms with E-state index in [4.69, 9.17) is 0 Å². The molecule has 1 aromatic carbocycles. The zero-order valence-corrected chi connectivity index (χ0v) is 15.7. The van der Waals surface area contributed by atoms with E-state index in [1.807, 2.05) is 0 Å². The summed E-state index contributed by atoms with van der Waals surface area (Å²) in [5.41, 5.74) is 0.181. The lowest BCUT2D eigenvalue weighted by molar-refractivity contribution is -0.384. The predicted octanol–water partition coefficient (Wildman–Crippen LogP) is 4.16. The van der Waals surface area contributed by atoms with Crippen LogP contribution >= 0.6 is 11.8 Å². The molecule has 1 saturated carbocycles. The van der Waals surface area contributed by atoms with Gasteiger partial charge < -0.3 is 10.4 Å². The summed E-state index contributed by atoms with van der Waals surface area (Å²) in [5.74, 6) is -0.720. The average molecular weight is 378 g/mol. The maximum atomic E-state index is 12.4. The van der Waals surface area contributed by atoms with Crippen LogP contribution in [0.1, 0.15) is 55.8 Å². The highest BCUT2D eigenvalue weighted by Gasteiger charge is 2.48. The largest absolute Gasteiger partial charge is 0.481 e. The first kappa shape index (κ1) is 19.2. The highest BCUT2D eigenvalue weighted by atomic mass is 32.2. The van der Waals surface area contributed by atoms with Gasteiger partial charge in [0.25, 0.3) is 5.69 Å². The number of non-ortho nitro benzene ring substituents is 1. The van der Waals surface area contributed by atoms with Gasteiger partial charge in [-0.15, -0.1) is 11.8 Å². The van der Waals surface area contributed by atoms with Crippen LogP contribution in [0.5, 0.6) is 0 Å². The first-order valence-electron chi connectivity index (χ1n) is 9.37. The highest BCUT2D eigenvalue weighted by molar-refractivity contribution is 8.00. The van der Waals surface area contributed by atoms with Gasteiger partial charge in [-0.05, 0) is 44.3 Å². The zero-order valence-electron chi connectivity index (χ0n) is 14.9. The van der Waals surface area contributed by atoms with E-state index in [0.717, 1.165) is 50.8 Å². The predicted molar refractivity (Wildman–Crippen MR) is 102 cm³/mol. The fraction of sp³-hybridized carbons (Fsp3) is 0.632. The van der Waals surface area contributed by atoms with Crippen LogP contribution in [0.4, 0.5) is 5.69 Å². The first-order chi connectivity index (χ1) is 12.5. The molecule has 3 rings (SSSR count). The van der Waals surface area contributed by atoms with Gasteiger partial charge in [-0.1, -0.05) is 31.4 Å². The van der Waals surface area contributed by atoms with E-state index in [2.05, 4.69) is 5.32 Å². The Hall–Kier alpha value is -1.60. The number of carboxylic acid groups (broad SMARTS) is 1. The second-order valence-corrected chi connectivity index (χ2v) is 8.75. The van der Waals surface area contributed by atoms with E-state index < -0.39 is 16.3 Å². The van der Waals surface area contributed by atoms with E-state index in [1.165, 1.54) is 12.1 Å². The van der Waals surface area contributed by atoms with Crippen LogP contribution in [0.2, 0.25) is 0 Å². The molecule has 6 nitrogen and oxygen atoms in total. The summed E-state index contributed by atoms with van der Waals surface area (Å²) in [6.45, 7) is 1.93. The van der Waals surface area contributed by atoms with Crippen molar-refractivity contribution in [3.8, 4) is 0 Å². The standard InChI is InChI=1S/C19H26N2O4S/c22-18(23)19(10-2-1-3-11-19)17(26-16-8-12-20-13-9-16)14-4-6-15(7-5-14)21(24)25/h4-7,16-17,20H,1-3,8-13H2,(H,22,23). The summed E-state index contributed by atoms with van der Waals surface area (Å²) in [6, 6.07) is 6.53. The van der Waals surface area contributed by atoms with E-state index in [9.17, 15) is 20.0 Å². The third-order valence-electron chi connectivity index (χ3n) is 5.69. The van der Waals surface area contributed by atoms with Crippen LogP contribution in [0.25, 0.3) is 0 Å². The Morgan fingerprint density at radius 2 is 1.81 bits per heavy atom. The fourth-order valence-corrected chi connectivity index (χ4v) is 6.00. The van der Waals surface area contributed by atoms with Crippen LogP contribution in [0, 0.1) is 15.5 Å². The lowest BCUT2D eigenvalue weighted by Crippen LogP contribution is -2.39. The quantitative estimate of drug-likeness (QED) is 0.570. The van der Waals surface area contributed by atoms with Crippen molar-refractivity contribution >= 4 is 23.4 Å². The molecule has 2 fully saturated rings. The number of benzene rings is 1. The molecule has 2 aliphatic rings. The maximum absolute atomic E-state index is 12.4. The van der Waals surface area contributed by atoms with Gasteiger partial charge in [0.1, 0.15) is 0 Å². The topological polar surface area (TPSA) is 92.5 Å². The summed E-state index contributed by atoms with van der Waals surface area (Å²) < 4.78 is 0. The smallest absolute Gasteiger partial charge is 0.311 e. The van der Waals surface area contributed by atoms with Crippen LogP contribution in [0.15, 0.2) is 24.3 Å². The summed E-state index contributed by atoms with van der Waals surface area (Å²) in [5, 5.41) is 24.7. The molecular formula is C19H26N2O4S. The number of hydrogen-bond donors (Lipinski definition) is 2. The molecule has 1 aliphatic heterocycles. The van der Waals surface area contributed by atoms with Crippen LogP contribution in [0.3, 0.4) is 0 Å². The molecule has 0 amide bonds. The Balaban J connectivity index is 1.94. The van der Waals surface area contributed by atoms with Crippen molar-refractivity contribution < 1.29 is 14.8 Å². The molecule has 7 heteroatoms. The molecule has 1 aromatic rings. The third kappa shape index (κ3) is 4.04. The normalized spacial score (nSPS) is 21.8. The number of carboxylic acids is 1. The van der Waals surface area contributed by atoms with Gasteiger partial charge in [-0.25, -0.2) is 0 Å². The van der Waals surface area contributed by atoms with E-state index in [1.54, 1.807) is 23.9 Å². The van der Waals surface area contributed by atoms with Gasteiger partial charge in [-0.3, -0.25) is 14.9 Å². The Labute approximate surface area is 157 Å². The summed E-state index contributed by atoms with van der Waals surface area (Å²) in [4.78, 5) is 22.9. The van der Waals surface area contributed by atoms with Gasteiger partial charge in [0.15, 0.2) is 0 Å². The van der Waals surface area contributed by atoms with Crippen molar-refractivity contribution in [1.82, 2.24) is 5.32 Å². The number of nitro groups is 1. The minimum absolute atomic E-state index is 0.0485. The Morgan fingerprint density at radius 1 is 1.19 bits per heavy atom. The molecule has 1 atom stereocenters. The van der Waals surface area contributed by atoms with Crippen molar-refractivity contribution in [1.29, 1.82) is 0 Å². The Kier molecular flexibility index (Phi) is 6.19. The van der Waals surface area contributed by atoms with Crippen molar-refractivity contribution in [2.75, 3.05) is 13.1 Å². The molecule has 1 aliphatic carbocycles. The number of nitro benzene ring substituents is 1. The number of carbonyl (C=O) groups is 1. The SMILES string of the molecule is O=C(O)C1(C(SC2CCNCC2)c2ccc([N+](=O)[O-])cc2)CCCCC1. The van der Waals surface area contributed by atoms with Crippen molar-refractivity contribution in [3.63, 3.8) is 0 Å². The minimum Gasteiger partial charge on any atom is -0.481 e. The van der Waals surface area contributed by atoms with Crippen LogP contribution < -0.4 is 5.32 Å². The molecule has 2 N–H and O–H groups in total. The molecule has 26 heavy (non-hydrogen) atoms. The lowest BCUT2D eigenvalue weighted by Gasteiger charge is -2.42. The zero-order chi connectivity index (χ0) is 18.6. The number of aliphatic carboxylic acids is 1. The minimum atomic E-state index is -0.774. The molecule has 1 saturated heterocycles. The number of thioether (sulfide) groups is 1. The van der Waals surface area contributed by atoms with E-state index in [-0.39, 0.29) is 10.9 Å². The molecular weight excluding hydrogens is 352 g/mol. The second kappa shape index (κ2) is 8.39. The van der Waals surface area contributed by atoms with Gasteiger partial charge in [-0.2, -0.15) is 0 Å². The average Bonchev–Trinajstić information content (AvgIpc) is 2.67. The van der Waals surface area contributed by atoms with Crippen molar-refractivity contribution in [2.45, 2.75) is 55.4 Å².